The van der Waals surface area contributed by atoms with E-state index in [0.717, 1.165) is 5.56 Å². The Kier molecular flexibility index (Phi) is 4.77. The molecule has 5 rings (SSSR count). The minimum Gasteiger partial charge on any atom is -0.497 e. The third-order valence-electron chi connectivity index (χ3n) is 6.72. The summed E-state index contributed by atoms with van der Waals surface area (Å²) in [6, 6.07) is 11.3. The fourth-order valence-electron chi connectivity index (χ4n) is 5.25. The molecular formula is C23H22ClN3O5. The van der Waals surface area contributed by atoms with Gasteiger partial charge < -0.3 is 15.2 Å². The zero-order valence-electron chi connectivity index (χ0n) is 17.5. The molecule has 3 N–H and O–H groups in total. The van der Waals surface area contributed by atoms with E-state index in [9.17, 15) is 19.5 Å². The molecule has 0 unspecified atom stereocenters. The zero-order valence-corrected chi connectivity index (χ0v) is 18.2. The molecule has 1 spiro atoms. The third kappa shape index (κ3) is 2.80. The van der Waals surface area contributed by atoms with Crippen LogP contribution in [0.25, 0.3) is 0 Å². The number of ether oxygens (including phenoxy) is 1. The summed E-state index contributed by atoms with van der Waals surface area (Å²) in [7, 11) is 1.56. The Balaban J connectivity index is 1.58. The first-order valence-electron chi connectivity index (χ1n) is 10.3. The fraction of sp³-hybridized carbons (Fsp3) is 0.348. The second kappa shape index (κ2) is 7.30. The van der Waals surface area contributed by atoms with E-state index in [1.165, 1.54) is 4.90 Å². The van der Waals surface area contributed by atoms with Gasteiger partial charge in [-0.25, -0.2) is 0 Å². The summed E-state index contributed by atoms with van der Waals surface area (Å²) in [5, 5.41) is 16.8. The van der Waals surface area contributed by atoms with Crippen molar-refractivity contribution in [2.75, 3.05) is 12.4 Å². The number of hydrogen-bond acceptors (Lipinski definition) is 6. The van der Waals surface area contributed by atoms with Crippen LogP contribution in [0.2, 0.25) is 5.02 Å². The standard InChI is InChI=1S/C23H22ClN3O5/c1-11(28)19-17-18(23(26-19)15-9-13(24)5-8-16(15)25-22(23)31)21(30)27(20(17)29)10-12-3-6-14(32-2)7-4-12/h3-9,11,17-19,26,28H,10H2,1-2H3,(H,25,31)/t11-,17-,18-,19+,23+/m0/s1. The Bertz CT molecular complexity index is 1130. The second-order valence-corrected chi connectivity index (χ2v) is 8.91. The quantitative estimate of drug-likeness (QED) is 0.605. The number of aliphatic hydroxyl groups is 1. The monoisotopic (exact) mass is 455 g/mol. The number of nitrogens with one attached hydrogen (secondary N) is 2. The molecule has 3 heterocycles. The average molecular weight is 456 g/mol. The molecule has 9 heteroatoms. The van der Waals surface area contributed by atoms with Gasteiger partial charge in [-0.1, -0.05) is 23.7 Å². The number of nitrogens with zero attached hydrogens (tertiary/aromatic N) is 1. The molecule has 3 aliphatic heterocycles. The van der Waals surface area contributed by atoms with Gasteiger partial charge in [0.25, 0.3) is 0 Å². The van der Waals surface area contributed by atoms with Gasteiger partial charge in [0.1, 0.15) is 11.3 Å². The third-order valence-corrected chi connectivity index (χ3v) is 6.96. The van der Waals surface area contributed by atoms with Crippen molar-refractivity contribution in [2.24, 2.45) is 11.8 Å². The van der Waals surface area contributed by atoms with Gasteiger partial charge >= 0.3 is 0 Å². The highest BCUT2D eigenvalue weighted by Gasteiger charge is 2.71. The number of fused-ring (bicyclic) bond motifs is 4. The number of anilines is 1. The zero-order chi connectivity index (χ0) is 22.8. The Labute approximate surface area is 189 Å². The van der Waals surface area contributed by atoms with Crippen molar-refractivity contribution >= 4 is 35.0 Å². The van der Waals surface area contributed by atoms with E-state index >= 15 is 0 Å². The summed E-state index contributed by atoms with van der Waals surface area (Å²) >= 11 is 6.21. The van der Waals surface area contributed by atoms with Crippen LogP contribution in [0, 0.1) is 11.8 Å². The molecule has 8 nitrogen and oxygen atoms in total. The summed E-state index contributed by atoms with van der Waals surface area (Å²) in [5.41, 5.74) is 0.322. The first kappa shape index (κ1) is 20.9. The Morgan fingerprint density at radius 3 is 2.53 bits per heavy atom. The molecule has 0 bridgehead atoms. The molecule has 2 aromatic rings. The first-order valence-corrected chi connectivity index (χ1v) is 10.7. The Morgan fingerprint density at radius 2 is 1.88 bits per heavy atom. The topological polar surface area (TPSA) is 108 Å². The second-order valence-electron chi connectivity index (χ2n) is 8.48. The molecule has 3 amide bonds. The van der Waals surface area contributed by atoms with E-state index in [4.69, 9.17) is 16.3 Å². The lowest BCUT2D eigenvalue weighted by molar-refractivity contribution is -0.143. The van der Waals surface area contributed by atoms with E-state index in [1.807, 2.05) is 0 Å². The maximum Gasteiger partial charge on any atom is 0.250 e. The molecule has 2 fully saturated rings. The van der Waals surface area contributed by atoms with Crippen LogP contribution in [0.1, 0.15) is 18.1 Å². The molecule has 0 saturated carbocycles. The number of aliphatic hydroxyl groups excluding tert-OH is 1. The molecule has 0 aromatic heterocycles. The van der Waals surface area contributed by atoms with Crippen molar-refractivity contribution < 1.29 is 24.2 Å². The van der Waals surface area contributed by atoms with Crippen LogP contribution in [-0.4, -0.2) is 47.0 Å². The van der Waals surface area contributed by atoms with Crippen molar-refractivity contribution in [1.29, 1.82) is 0 Å². The molecule has 2 saturated heterocycles. The Hall–Kier alpha value is -2.94. The summed E-state index contributed by atoms with van der Waals surface area (Å²) < 4.78 is 5.16. The summed E-state index contributed by atoms with van der Waals surface area (Å²) in [6.45, 7) is 1.62. The van der Waals surface area contributed by atoms with Crippen LogP contribution in [-0.2, 0) is 26.5 Å². The van der Waals surface area contributed by atoms with Crippen LogP contribution in [0.3, 0.4) is 0 Å². The number of carbonyl (C=O) groups excluding carboxylic acids is 3. The number of carbonyl (C=O) groups is 3. The lowest BCUT2D eigenvalue weighted by Crippen LogP contribution is -2.54. The lowest BCUT2D eigenvalue weighted by Gasteiger charge is -2.30. The van der Waals surface area contributed by atoms with Crippen LogP contribution < -0.4 is 15.4 Å². The van der Waals surface area contributed by atoms with E-state index in [1.54, 1.807) is 56.5 Å². The van der Waals surface area contributed by atoms with Crippen molar-refractivity contribution in [1.82, 2.24) is 10.2 Å². The molecule has 0 aliphatic carbocycles. The molecule has 5 atom stereocenters. The van der Waals surface area contributed by atoms with Crippen molar-refractivity contribution in [2.45, 2.75) is 31.2 Å². The molecule has 2 aromatic carbocycles. The number of methoxy groups -OCH3 is 1. The van der Waals surface area contributed by atoms with Gasteiger partial charge in [-0.15, -0.1) is 0 Å². The summed E-state index contributed by atoms with van der Waals surface area (Å²) in [6.07, 6.45) is -0.962. The largest absolute Gasteiger partial charge is 0.497 e. The minimum absolute atomic E-state index is 0.0707. The average Bonchev–Trinajstić information content (AvgIpc) is 3.36. The molecular weight excluding hydrogens is 434 g/mol. The predicted octanol–water partition coefficient (Wildman–Crippen LogP) is 1.65. The first-order chi connectivity index (χ1) is 15.3. The number of hydrogen-bond donors (Lipinski definition) is 3. The van der Waals surface area contributed by atoms with E-state index in [2.05, 4.69) is 10.6 Å². The van der Waals surface area contributed by atoms with Crippen molar-refractivity contribution in [3.63, 3.8) is 0 Å². The highest BCUT2D eigenvalue weighted by Crippen LogP contribution is 2.53. The molecule has 3 aliphatic rings. The maximum atomic E-state index is 13.6. The lowest BCUT2D eigenvalue weighted by atomic mass is 9.76. The smallest absolute Gasteiger partial charge is 0.250 e. The fourth-order valence-corrected chi connectivity index (χ4v) is 5.42. The van der Waals surface area contributed by atoms with E-state index in [-0.39, 0.29) is 6.54 Å². The van der Waals surface area contributed by atoms with Gasteiger partial charge in [-0.2, -0.15) is 0 Å². The molecule has 166 valence electrons. The van der Waals surface area contributed by atoms with Crippen molar-refractivity contribution in [3.8, 4) is 5.75 Å². The van der Waals surface area contributed by atoms with Crippen molar-refractivity contribution in [3.05, 3.63) is 58.6 Å². The number of halogens is 1. The number of likely N-dealkylation sites (tertiary alicyclic amines) is 1. The predicted molar refractivity (Wildman–Crippen MR) is 116 cm³/mol. The number of imide groups is 1. The van der Waals surface area contributed by atoms with Gasteiger partial charge in [-0.3, -0.25) is 24.6 Å². The maximum absolute atomic E-state index is 13.6. The molecule has 0 radical (unpaired) electrons. The normalized spacial score (nSPS) is 29.3. The number of benzene rings is 2. The summed E-state index contributed by atoms with van der Waals surface area (Å²) in [5.74, 6) is -2.49. The minimum atomic E-state index is -1.48. The van der Waals surface area contributed by atoms with Crippen LogP contribution in [0.15, 0.2) is 42.5 Å². The Morgan fingerprint density at radius 1 is 1.16 bits per heavy atom. The van der Waals surface area contributed by atoms with Gasteiger partial charge in [0.15, 0.2) is 0 Å². The number of amides is 3. The molecule has 32 heavy (non-hydrogen) atoms. The van der Waals surface area contributed by atoms with Crippen LogP contribution in [0.4, 0.5) is 5.69 Å². The summed E-state index contributed by atoms with van der Waals surface area (Å²) in [4.78, 5) is 41.5. The highest BCUT2D eigenvalue weighted by atomic mass is 35.5. The number of rotatable bonds is 4. The van der Waals surface area contributed by atoms with Crippen LogP contribution >= 0.6 is 11.6 Å². The van der Waals surface area contributed by atoms with Gasteiger partial charge in [0.2, 0.25) is 17.7 Å². The van der Waals surface area contributed by atoms with Gasteiger partial charge in [-0.05, 0) is 42.8 Å². The van der Waals surface area contributed by atoms with E-state index < -0.39 is 47.2 Å². The van der Waals surface area contributed by atoms with Gasteiger partial charge in [0.05, 0.1) is 31.6 Å². The van der Waals surface area contributed by atoms with Crippen LogP contribution in [0.5, 0.6) is 5.75 Å². The highest BCUT2D eigenvalue weighted by molar-refractivity contribution is 6.31. The van der Waals surface area contributed by atoms with E-state index in [0.29, 0.717) is 22.0 Å². The SMILES string of the molecule is COc1ccc(CN2C(=O)[C@@H]3[C@@H]([C@H](C)O)N[C@@]4(C(=O)Nc5ccc(Cl)cc54)[C@@H]3C2=O)cc1. The van der Waals surface area contributed by atoms with Gasteiger partial charge in [0, 0.05) is 22.3 Å².